The van der Waals surface area contributed by atoms with Gasteiger partial charge in [0.2, 0.25) is 0 Å². The fourth-order valence-electron chi connectivity index (χ4n) is 1.73. The molecule has 0 radical (unpaired) electrons. The number of rotatable bonds is 2. The normalized spacial score (nSPS) is 17.5. The lowest BCUT2D eigenvalue weighted by molar-refractivity contribution is 0.285. The van der Waals surface area contributed by atoms with Gasteiger partial charge in [0.05, 0.1) is 12.6 Å². The van der Waals surface area contributed by atoms with E-state index in [9.17, 15) is 0 Å². The first-order chi connectivity index (χ1) is 6.65. The molecule has 1 aliphatic heterocycles. The molecular formula is C11H17ClN2O. The topological polar surface area (TPSA) is 47.3 Å². The number of hydrogen-bond acceptors (Lipinski definition) is 3. The van der Waals surface area contributed by atoms with Crippen LogP contribution in [0.5, 0.6) is 5.75 Å². The quantitative estimate of drug-likeness (QED) is 0.799. The summed E-state index contributed by atoms with van der Waals surface area (Å²) in [6, 6.07) is 6.18. The van der Waals surface area contributed by atoms with E-state index < -0.39 is 0 Å². The van der Waals surface area contributed by atoms with Gasteiger partial charge < -0.3 is 15.8 Å². The average molecular weight is 229 g/mol. The van der Waals surface area contributed by atoms with Gasteiger partial charge in [0, 0.05) is 13.1 Å². The van der Waals surface area contributed by atoms with Crippen molar-refractivity contribution in [2.45, 2.75) is 12.5 Å². The highest BCUT2D eigenvalue weighted by atomic mass is 35.5. The van der Waals surface area contributed by atoms with Gasteiger partial charge in [0.1, 0.15) is 5.75 Å². The number of ether oxygens (including phenoxy) is 1. The van der Waals surface area contributed by atoms with Crippen LogP contribution in [0.25, 0.3) is 0 Å². The van der Waals surface area contributed by atoms with Crippen LogP contribution in [0, 0.1) is 6.92 Å². The molecule has 4 heteroatoms. The van der Waals surface area contributed by atoms with Gasteiger partial charge in [-0.3, -0.25) is 0 Å². The lowest BCUT2D eigenvalue weighted by Crippen LogP contribution is -2.62. The molecule has 0 aromatic heterocycles. The van der Waals surface area contributed by atoms with Gasteiger partial charge in [-0.2, -0.15) is 0 Å². The Morgan fingerprint density at radius 1 is 1.40 bits per heavy atom. The Bertz CT molecular complexity index is 350. The van der Waals surface area contributed by atoms with Crippen molar-refractivity contribution in [1.82, 2.24) is 5.32 Å². The summed E-state index contributed by atoms with van der Waals surface area (Å²) in [5.74, 6) is 0.916. The van der Waals surface area contributed by atoms with E-state index in [1.165, 1.54) is 0 Å². The molecule has 0 aliphatic carbocycles. The summed E-state index contributed by atoms with van der Waals surface area (Å²) in [6.07, 6.45) is 0. The minimum absolute atomic E-state index is 0. The molecule has 15 heavy (non-hydrogen) atoms. The van der Waals surface area contributed by atoms with Gasteiger partial charge in [0.15, 0.2) is 0 Å². The molecule has 1 heterocycles. The molecule has 0 spiro atoms. The van der Waals surface area contributed by atoms with E-state index in [-0.39, 0.29) is 17.9 Å². The summed E-state index contributed by atoms with van der Waals surface area (Å²) < 4.78 is 5.27. The molecule has 0 amide bonds. The molecular weight excluding hydrogens is 212 g/mol. The third-order valence-corrected chi connectivity index (χ3v) is 2.86. The molecule has 0 bridgehead atoms. The van der Waals surface area contributed by atoms with Gasteiger partial charge in [0.25, 0.3) is 0 Å². The van der Waals surface area contributed by atoms with E-state index in [2.05, 4.69) is 17.4 Å². The number of benzene rings is 1. The minimum atomic E-state index is -0.193. The van der Waals surface area contributed by atoms with E-state index in [0.717, 1.165) is 30.0 Å². The first-order valence-electron chi connectivity index (χ1n) is 4.80. The Kier molecular flexibility index (Phi) is 3.60. The van der Waals surface area contributed by atoms with E-state index in [1.54, 1.807) is 7.11 Å². The van der Waals surface area contributed by atoms with Crippen molar-refractivity contribution in [2.24, 2.45) is 5.73 Å². The Morgan fingerprint density at radius 3 is 2.53 bits per heavy atom. The van der Waals surface area contributed by atoms with Crippen molar-refractivity contribution in [3.8, 4) is 5.75 Å². The van der Waals surface area contributed by atoms with E-state index in [4.69, 9.17) is 10.5 Å². The van der Waals surface area contributed by atoms with Crippen molar-refractivity contribution in [2.75, 3.05) is 20.2 Å². The van der Waals surface area contributed by atoms with E-state index >= 15 is 0 Å². The average Bonchev–Trinajstić information content (AvgIpc) is 2.15. The highest BCUT2D eigenvalue weighted by molar-refractivity contribution is 5.85. The maximum Gasteiger partial charge on any atom is 0.122 e. The van der Waals surface area contributed by atoms with Crippen molar-refractivity contribution >= 4 is 12.4 Å². The van der Waals surface area contributed by atoms with Crippen LogP contribution in [0.1, 0.15) is 11.1 Å². The highest BCUT2D eigenvalue weighted by Crippen LogP contribution is 2.27. The number of nitrogens with one attached hydrogen (secondary N) is 1. The summed E-state index contributed by atoms with van der Waals surface area (Å²) in [6.45, 7) is 3.73. The third-order valence-electron chi connectivity index (χ3n) is 2.86. The molecule has 0 saturated carbocycles. The van der Waals surface area contributed by atoms with E-state index in [0.29, 0.717) is 0 Å². The Balaban J connectivity index is 0.00000112. The molecule has 3 nitrogen and oxygen atoms in total. The Hall–Kier alpha value is -0.770. The molecule has 1 aliphatic rings. The van der Waals surface area contributed by atoms with Crippen molar-refractivity contribution < 1.29 is 4.74 Å². The van der Waals surface area contributed by atoms with Crippen LogP contribution in [0.3, 0.4) is 0 Å². The Morgan fingerprint density at radius 2 is 2.07 bits per heavy atom. The zero-order valence-electron chi connectivity index (χ0n) is 9.04. The van der Waals surface area contributed by atoms with Crippen molar-refractivity contribution in [1.29, 1.82) is 0 Å². The number of aryl methyl sites for hydroxylation is 1. The lowest BCUT2D eigenvalue weighted by atomic mass is 9.85. The van der Waals surface area contributed by atoms with Crippen LogP contribution in [0.15, 0.2) is 18.2 Å². The molecule has 1 fully saturated rings. The number of halogens is 1. The molecule has 0 unspecified atom stereocenters. The van der Waals surface area contributed by atoms with Gasteiger partial charge in [-0.15, -0.1) is 12.4 Å². The van der Waals surface area contributed by atoms with Gasteiger partial charge in [-0.25, -0.2) is 0 Å². The van der Waals surface area contributed by atoms with Crippen LogP contribution in [0.4, 0.5) is 0 Å². The molecule has 3 N–H and O–H groups in total. The standard InChI is InChI=1S/C11H16N2O.ClH/c1-8-3-4-9(5-10(8)14-2)11(12)6-13-7-11;/h3-5,13H,6-7,12H2,1-2H3;1H. The van der Waals surface area contributed by atoms with Crippen LogP contribution in [-0.4, -0.2) is 20.2 Å². The summed E-state index contributed by atoms with van der Waals surface area (Å²) in [5.41, 5.74) is 8.28. The first kappa shape index (κ1) is 12.3. The SMILES string of the molecule is COc1cc(C2(N)CNC2)ccc1C.Cl. The van der Waals surface area contributed by atoms with Crippen LogP contribution in [-0.2, 0) is 5.54 Å². The minimum Gasteiger partial charge on any atom is -0.496 e. The maximum absolute atomic E-state index is 6.18. The maximum atomic E-state index is 6.18. The van der Waals surface area contributed by atoms with Crippen LogP contribution in [0.2, 0.25) is 0 Å². The first-order valence-corrected chi connectivity index (χ1v) is 4.80. The number of methoxy groups -OCH3 is 1. The zero-order valence-corrected chi connectivity index (χ0v) is 9.86. The van der Waals surface area contributed by atoms with Crippen molar-refractivity contribution in [3.63, 3.8) is 0 Å². The summed E-state index contributed by atoms with van der Waals surface area (Å²) in [5, 5.41) is 3.19. The predicted molar refractivity (Wildman–Crippen MR) is 63.7 cm³/mol. The Labute approximate surface area is 96.4 Å². The fourth-order valence-corrected chi connectivity index (χ4v) is 1.73. The smallest absolute Gasteiger partial charge is 0.122 e. The van der Waals surface area contributed by atoms with Gasteiger partial charge in [-0.05, 0) is 24.1 Å². The largest absolute Gasteiger partial charge is 0.496 e. The molecule has 0 atom stereocenters. The second kappa shape index (κ2) is 4.39. The van der Waals surface area contributed by atoms with Crippen molar-refractivity contribution in [3.05, 3.63) is 29.3 Å². The fraction of sp³-hybridized carbons (Fsp3) is 0.455. The lowest BCUT2D eigenvalue weighted by Gasteiger charge is -2.39. The summed E-state index contributed by atoms with van der Waals surface area (Å²) in [7, 11) is 1.69. The predicted octanol–water partition coefficient (Wildman–Crippen LogP) is 1.18. The number of hydrogen-bond donors (Lipinski definition) is 2. The zero-order chi connectivity index (χ0) is 10.2. The van der Waals surface area contributed by atoms with E-state index in [1.807, 2.05) is 13.0 Å². The van der Waals surface area contributed by atoms with Gasteiger partial charge >= 0.3 is 0 Å². The summed E-state index contributed by atoms with van der Waals surface area (Å²) in [4.78, 5) is 0. The van der Waals surface area contributed by atoms with Gasteiger partial charge in [-0.1, -0.05) is 12.1 Å². The molecule has 1 aromatic rings. The molecule has 84 valence electrons. The van der Waals surface area contributed by atoms with Crippen LogP contribution < -0.4 is 15.8 Å². The third kappa shape index (κ3) is 2.09. The number of nitrogens with two attached hydrogens (primary N) is 1. The van der Waals surface area contributed by atoms with Crippen LogP contribution >= 0.6 is 12.4 Å². The highest BCUT2D eigenvalue weighted by Gasteiger charge is 2.34. The second-order valence-corrected chi connectivity index (χ2v) is 3.94. The summed E-state index contributed by atoms with van der Waals surface area (Å²) >= 11 is 0. The second-order valence-electron chi connectivity index (χ2n) is 3.94. The molecule has 1 saturated heterocycles. The molecule has 2 rings (SSSR count). The molecule has 1 aromatic carbocycles. The monoisotopic (exact) mass is 228 g/mol.